The lowest BCUT2D eigenvalue weighted by Gasteiger charge is -2.23. The van der Waals surface area contributed by atoms with Crippen LogP contribution in [-0.2, 0) is 4.74 Å². The van der Waals surface area contributed by atoms with Crippen LogP contribution in [0.3, 0.4) is 0 Å². The number of hydrogen-bond acceptors (Lipinski definition) is 3. The summed E-state index contributed by atoms with van der Waals surface area (Å²) in [5.41, 5.74) is 1.22. The molecule has 0 radical (unpaired) electrons. The number of ether oxygens (including phenoxy) is 1. The number of imidazole rings is 1. The van der Waals surface area contributed by atoms with Gasteiger partial charge < -0.3 is 9.72 Å². The molecule has 0 bridgehead atoms. The van der Waals surface area contributed by atoms with Crippen molar-refractivity contribution in [1.29, 1.82) is 0 Å². The van der Waals surface area contributed by atoms with Crippen molar-refractivity contribution in [1.82, 2.24) is 14.5 Å². The highest BCUT2D eigenvalue weighted by Gasteiger charge is 2.21. The smallest absolute Gasteiger partial charge is 0.329 e. The van der Waals surface area contributed by atoms with Gasteiger partial charge in [0.25, 0.3) is 0 Å². The predicted molar refractivity (Wildman–Crippen MR) is 66.9 cm³/mol. The largest absolute Gasteiger partial charge is 0.358 e. The third-order valence-corrected chi connectivity index (χ3v) is 3.66. The molecule has 1 aliphatic rings. The molecule has 3 rings (SSSR count). The Balaban J connectivity index is 2.18. The second-order valence-corrected chi connectivity index (χ2v) is 4.97. The van der Waals surface area contributed by atoms with Crippen molar-refractivity contribution in [2.24, 2.45) is 0 Å². The Morgan fingerprint density at radius 1 is 1.53 bits per heavy atom. The first-order valence-corrected chi connectivity index (χ1v) is 6.43. The van der Waals surface area contributed by atoms with Gasteiger partial charge in [-0.05, 0) is 41.3 Å². The lowest BCUT2D eigenvalue weighted by Crippen LogP contribution is -2.27. The van der Waals surface area contributed by atoms with E-state index in [0.717, 1.165) is 29.3 Å². The summed E-state index contributed by atoms with van der Waals surface area (Å²) < 4.78 is 8.09. The summed E-state index contributed by atoms with van der Waals surface area (Å²) in [6.07, 6.45) is 4.49. The maximum atomic E-state index is 12.0. The molecule has 3 heterocycles. The highest BCUT2D eigenvalue weighted by Crippen LogP contribution is 2.26. The SMILES string of the molecule is O=c1[nH]c2c(Br)ccnc2n1C1CCCCO1. The lowest BCUT2D eigenvalue weighted by atomic mass is 10.2. The molecular formula is C11H12BrN3O2. The predicted octanol–water partition coefficient (Wildman–Crippen LogP) is 2.19. The molecule has 0 saturated carbocycles. The zero-order valence-electron chi connectivity index (χ0n) is 9.15. The van der Waals surface area contributed by atoms with Crippen molar-refractivity contribution in [2.45, 2.75) is 25.5 Å². The quantitative estimate of drug-likeness (QED) is 0.878. The summed E-state index contributed by atoms with van der Waals surface area (Å²) in [6, 6.07) is 1.81. The molecule has 1 aliphatic heterocycles. The van der Waals surface area contributed by atoms with Crippen LogP contribution in [0.1, 0.15) is 25.5 Å². The Bertz CT molecular complexity index is 598. The highest BCUT2D eigenvalue weighted by molar-refractivity contribution is 9.10. The topological polar surface area (TPSA) is 59.9 Å². The zero-order chi connectivity index (χ0) is 11.8. The van der Waals surface area contributed by atoms with E-state index < -0.39 is 0 Å². The Morgan fingerprint density at radius 3 is 3.18 bits per heavy atom. The molecule has 17 heavy (non-hydrogen) atoms. The third-order valence-electron chi connectivity index (χ3n) is 3.00. The monoisotopic (exact) mass is 297 g/mol. The molecule has 2 aromatic rings. The third kappa shape index (κ3) is 1.81. The van der Waals surface area contributed by atoms with Gasteiger partial charge in [-0.15, -0.1) is 0 Å². The highest BCUT2D eigenvalue weighted by atomic mass is 79.9. The average Bonchev–Trinajstić information content (AvgIpc) is 2.68. The first kappa shape index (κ1) is 11.0. The number of fused-ring (bicyclic) bond motifs is 1. The van der Waals surface area contributed by atoms with Crippen LogP contribution in [0.5, 0.6) is 0 Å². The van der Waals surface area contributed by atoms with E-state index in [0.29, 0.717) is 12.3 Å². The van der Waals surface area contributed by atoms with E-state index in [-0.39, 0.29) is 11.9 Å². The number of nitrogens with zero attached hydrogens (tertiary/aromatic N) is 2. The lowest BCUT2D eigenvalue weighted by molar-refractivity contribution is -0.0316. The summed E-state index contributed by atoms with van der Waals surface area (Å²) in [6.45, 7) is 0.706. The molecule has 1 unspecified atom stereocenters. The Hall–Kier alpha value is -1.14. The number of pyridine rings is 1. The second-order valence-electron chi connectivity index (χ2n) is 4.11. The maximum Gasteiger partial charge on any atom is 0.329 e. The van der Waals surface area contributed by atoms with Gasteiger partial charge >= 0.3 is 5.69 Å². The van der Waals surface area contributed by atoms with E-state index >= 15 is 0 Å². The van der Waals surface area contributed by atoms with E-state index in [4.69, 9.17) is 4.74 Å². The summed E-state index contributed by atoms with van der Waals surface area (Å²) in [4.78, 5) is 19.0. The fraction of sp³-hybridized carbons (Fsp3) is 0.455. The van der Waals surface area contributed by atoms with Crippen LogP contribution in [0.25, 0.3) is 11.2 Å². The minimum atomic E-state index is -0.188. The van der Waals surface area contributed by atoms with Gasteiger partial charge in [0.2, 0.25) is 0 Å². The van der Waals surface area contributed by atoms with Gasteiger partial charge in [-0.1, -0.05) is 0 Å². The van der Waals surface area contributed by atoms with Gasteiger partial charge in [-0.25, -0.2) is 14.3 Å². The van der Waals surface area contributed by atoms with Gasteiger partial charge in [0.05, 0.1) is 0 Å². The number of nitrogens with one attached hydrogen (secondary N) is 1. The van der Waals surface area contributed by atoms with Crippen molar-refractivity contribution in [2.75, 3.05) is 6.61 Å². The van der Waals surface area contributed by atoms with Gasteiger partial charge in [0, 0.05) is 17.3 Å². The zero-order valence-corrected chi connectivity index (χ0v) is 10.7. The van der Waals surface area contributed by atoms with Crippen LogP contribution in [0.2, 0.25) is 0 Å². The Kier molecular flexibility index (Phi) is 2.76. The molecule has 6 heteroatoms. The van der Waals surface area contributed by atoms with Gasteiger partial charge in [-0.3, -0.25) is 0 Å². The number of H-pyrrole nitrogens is 1. The number of hydrogen-bond donors (Lipinski definition) is 1. The number of rotatable bonds is 1. The van der Waals surface area contributed by atoms with Crippen LogP contribution in [-0.4, -0.2) is 21.1 Å². The molecule has 90 valence electrons. The van der Waals surface area contributed by atoms with E-state index in [9.17, 15) is 4.79 Å². The summed E-state index contributed by atoms with van der Waals surface area (Å²) >= 11 is 3.40. The summed E-state index contributed by atoms with van der Waals surface area (Å²) in [5, 5.41) is 0. The van der Waals surface area contributed by atoms with Crippen molar-refractivity contribution >= 4 is 27.1 Å². The molecule has 2 aromatic heterocycles. The molecule has 0 aliphatic carbocycles. The van der Waals surface area contributed by atoms with Crippen molar-refractivity contribution < 1.29 is 4.74 Å². The Morgan fingerprint density at radius 2 is 2.41 bits per heavy atom. The van der Waals surface area contributed by atoms with Crippen LogP contribution in [0.15, 0.2) is 21.5 Å². The molecule has 1 N–H and O–H groups in total. The van der Waals surface area contributed by atoms with Crippen LogP contribution < -0.4 is 5.69 Å². The number of aromatic amines is 1. The van der Waals surface area contributed by atoms with Gasteiger partial charge in [-0.2, -0.15) is 0 Å². The van der Waals surface area contributed by atoms with Crippen LogP contribution >= 0.6 is 15.9 Å². The van der Waals surface area contributed by atoms with E-state index in [1.165, 1.54) is 0 Å². The molecule has 5 nitrogen and oxygen atoms in total. The van der Waals surface area contributed by atoms with Crippen LogP contribution in [0.4, 0.5) is 0 Å². The summed E-state index contributed by atoms with van der Waals surface area (Å²) in [5.74, 6) is 0. The molecular weight excluding hydrogens is 286 g/mol. The van der Waals surface area contributed by atoms with E-state index in [1.807, 2.05) is 6.07 Å². The molecule has 0 amide bonds. The second kappa shape index (κ2) is 4.27. The van der Waals surface area contributed by atoms with Crippen molar-refractivity contribution in [3.05, 3.63) is 27.2 Å². The maximum absolute atomic E-state index is 12.0. The van der Waals surface area contributed by atoms with E-state index in [2.05, 4.69) is 25.9 Å². The molecule has 1 atom stereocenters. The molecule has 0 aromatic carbocycles. The first-order valence-electron chi connectivity index (χ1n) is 5.63. The van der Waals surface area contributed by atoms with E-state index in [1.54, 1.807) is 10.8 Å². The number of halogens is 1. The normalized spacial score (nSPS) is 20.9. The van der Waals surface area contributed by atoms with Crippen molar-refractivity contribution in [3.8, 4) is 0 Å². The number of aromatic nitrogens is 3. The molecule has 0 spiro atoms. The first-order chi connectivity index (χ1) is 8.27. The fourth-order valence-electron chi connectivity index (χ4n) is 2.18. The minimum absolute atomic E-state index is 0.161. The molecule has 1 saturated heterocycles. The van der Waals surface area contributed by atoms with Gasteiger partial charge in [0.15, 0.2) is 5.65 Å². The fourth-order valence-corrected chi connectivity index (χ4v) is 2.58. The van der Waals surface area contributed by atoms with Crippen LogP contribution in [0, 0.1) is 0 Å². The molecule has 1 fully saturated rings. The van der Waals surface area contributed by atoms with Gasteiger partial charge in [0.1, 0.15) is 11.7 Å². The standard InChI is InChI=1S/C11H12BrN3O2/c12-7-4-5-13-10-9(7)14-11(16)15(10)8-3-1-2-6-17-8/h4-5,8H,1-3,6H2,(H,14,16). The average molecular weight is 298 g/mol. The minimum Gasteiger partial charge on any atom is -0.358 e. The summed E-state index contributed by atoms with van der Waals surface area (Å²) in [7, 11) is 0. The van der Waals surface area contributed by atoms with Crippen molar-refractivity contribution in [3.63, 3.8) is 0 Å². The Labute approximate surface area is 106 Å².